The van der Waals surface area contributed by atoms with E-state index in [0.29, 0.717) is 17.0 Å². The topological polar surface area (TPSA) is 104 Å². The number of aromatic nitrogens is 1. The van der Waals surface area contributed by atoms with E-state index in [9.17, 15) is 19.5 Å². The lowest BCUT2D eigenvalue weighted by Gasteiger charge is -2.52. The van der Waals surface area contributed by atoms with Crippen molar-refractivity contribution in [1.82, 2.24) is 10.1 Å². The van der Waals surface area contributed by atoms with Crippen molar-refractivity contribution in [2.24, 2.45) is 0 Å². The van der Waals surface area contributed by atoms with Crippen molar-refractivity contribution < 1.29 is 24.0 Å². The van der Waals surface area contributed by atoms with Gasteiger partial charge in [0.1, 0.15) is 23.4 Å². The van der Waals surface area contributed by atoms with E-state index in [1.165, 1.54) is 34.0 Å². The summed E-state index contributed by atoms with van der Waals surface area (Å²) < 4.78 is 4.79. The lowest BCUT2D eigenvalue weighted by atomic mass is 9.99. The summed E-state index contributed by atoms with van der Waals surface area (Å²) in [5.41, 5.74) is 2.36. The lowest BCUT2D eigenvalue weighted by Crippen LogP contribution is -2.71. The third-order valence-corrected chi connectivity index (χ3v) is 6.20. The number of benzene rings is 1. The Morgan fingerprint density at radius 2 is 2.14 bits per heavy atom. The summed E-state index contributed by atoms with van der Waals surface area (Å²) in [5.74, 6) is -1.49. The van der Waals surface area contributed by atoms with Gasteiger partial charge in [-0.05, 0) is 37.1 Å². The first kappa shape index (κ1) is 18.3. The number of hydrogen-bond donors (Lipinski definition) is 1. The number of amides is 2. The molecule has 0 aliphatic carbocycles. The predicted molar refractivity (Wildman–Crippen MR) is 102 cm³/mol. The van der Waals surface area contributed by atoms with Crippen molar-refractivity contribution in [3.8, 4) is 0 Å². The van der Waals surface area contributed by atoms with E-state index >= 15 is 0 Å². The van der Waals surface area contributed by atoms with Gasteiger partial charge in [-0.3, -0.25) is 19.4 Å². The van der Waals surface area contributed by atoms with E-state index in [-0.39, 0.29) is 11.3 Å². The maximum absolute atomic E-state index is 13.2. The average Bonchev–Trinajstić information content (AvgIpc) is 3.20. The standard InChI is InChI=1S/C19H17N3O5S/c1-10-4-3-5-13(6-10)21(16(23)12-7-20-27-8-12)15-17(24)22-14(19(25)26)11(2)9-28-18(15)22/h3-8,15,18H,9H2,1-2H3,(H,25,26)/t15?,18-/m1/s1. The molecule has 3 heterocycles. The van der Waals surface area contributed by atoms with Crippen LogP contribution in [-0.4, -0.2) is 50.1 Å². The normalized spacial score (nSPS) is 21.2. The number of aryl methyl sites for hydroxylation is 1. The number of fused-ring (bicyclic) bond motifs is 1. The molecule has 1 aromatic carbocycles. The molecule has 8 nitrogen and oxygen atoms in total. The van der Waals surface area contributed by atoms with Crippen LogP contribution in [0.3, 0.4) is 0 Å². The number of rotatable bonds is 4. The van der Waals surface area contributed by atoms with E-state index in [4.69, 9.17) is 4.52 Å². The van der Waals surface area contributed by atoms with Gasteiger partial charge in [0.25, 0.3) is 11.8 Å². The molecule has 1 fully saturated rings. The number of carboxylic acid groups (broad SMARTS) is 1. The second-order valence-corrected chi connectivity index (χ2v) is 7.82. The minimum atomic E-state index is -1.14. The average molecular weight is 399 g/mol. The maximum atomic E-state index is 13.2. The van der Waals surface area contributed by atoms with Crippen LogP contribution < -0.4 is 4.90 Å². The molecule has 2 aromatic rings. The van der Waals surface area contributed by atoms with Gasteiger partial charge in [0.2, 0.25) is 0 Å². The highest BCUT2D eigenvalue weighted by Crippen LogP contribution is 2.43. The van der Waals surface area contributed by atoms with Crippen LogP contribution in [0.25, 0.3) is 0 Å². The number of aliphatic carboxylic acids is 1. The van der Waals surface area contributed by atoms with Gasteiger partial charge in [-0.25, -0.2) is 4.79 Å². The maximum Gasteiger partial charge on any atom is 0.352 e. The van der Waals surface area contributed by atoms with Gasteiger partial charge in [0.05, 0.1) is 11.8 Å². The zero-order chi connectivity index (χ0) is 20.0. The van der Waals surface area contributed by atoms with Gasteiger partial charge in [-0.2, -0.15) is 0 Å². The van der Waals surface area contributed by atoms with Crippen molar-refractivity contribution in [2.45, 2.75) is 25.3 Å². The zero-order valence-electron chi connectivity index (χ0n) is 15.2. The number of hydrogen-bond acceptors (Lipinski definition) is 6. The Morgan fingerprint density at radius 3 is 2.79 bits per heavy atom. The lowest BCUT2D eigenvalue weighted by molar-refractivity contribution is -0.147. The van der Waals surface area contributed by atoms with Crippen molar-refractivity contribution in [3.63, 3.8) is 0 Å². The first-order valence-corrected chi connectivity index (χ1v) is 9.62. The SMILES string of the molecule is CC1=C(C(=O)O)N2C(=O)C(N(C(=O)c3cnoc3)c3cccc(C)c3)[C@H]2SC1. The molecule has 1 unspecified atom stereocenters. The molecule has 2 amide bonds. The van der Waals surface area contributed by atoms with Crippen LogP contribution in [0.1, 0.15) is 22.8 Å². The Morgan fingerprint density at radius 1 is 1.36 bits per heavy atom. The summed E-state index contributed by atoms with van der Waals surface area (Å²) in [4.78, 5) is 40.5. The molecule has 0 bridgehead atoms. The number of thioether (sulfide) groups is 1. The van der Waals surface area contributed by atoms with Crippen molar-refractivity contribution in [3.05, 3.63) is 59.1 Å². The van der Waals surface area contributed by atoms with E-state index in [1.807, 2.05) is 19.1 Å². The Labute approximate surface area is 164 Å². The third-order valence-electron chi connectivity index (χ3n) is 4.79. The van der Waals surface area contributed by atoms with Crippen molar-refractivity contribution >= 4 is 35.2 Å². The summed E-state index contributed by atoms with van der Waals surface area (Å²) in [7, 11) is 0. The highest BCUT2D eigenvalue weighted by atomic mass is 32.2. The third kappa shape index (κ3) is 2.78. The van der Waals surface area contributed by atoms with Gasteiger partial charge in [0.15, 0.2) is 0 Å². The van der Waals surface area contributed by atoms with Gasteiger partial charge in [0, 0.05) is 11.4 Å². The first-order chi connectivity index (χ1) is 13.4. The van der Waals surface area contributed by atoms with Crippen molar-refractivity contribution in [2.75, 3.05) is 10.7 Å². The fourth-order valence-corrected chi connectivity index (χ4v) is 4.83. The largest absolute Gasteiger partial charge is 0.477 e. The molecule has 0 spiro atoms. The first-order valence-electron chi connectivity index (χ1n) is 8.57. The second kappa shape index (κ2) is 6.83. The molecule has 4 rings (SSSR count). The summed E-state index contributed by atoms with van der Waals surface area (Å²) in [6.45, 7) is 3.60. The molecule has 1 aromatic heterocycles. The van der Waals surface area contributed by atoms with Gasteiger partial charge in [-0.1, -0.05) is 17.3 Å². The van der Waals surface area contributed by atoms with Gasteiger partial charge < -0.3 is 9.63 Å². The summed E-state index contributed by atoms with van der Waals surface area (Å²) in [6.07, 6.45) is 2.53. The van der Waals surface area contributed by atoms with Gasteiger partial charge >= 0.3 is 5.97 Å². The molecule has 1 saturated heterocycles. The molecule has 28 heavy (non-hydrogen) atoms. The number of carbonyl (C=O) groups excluding carboxylic acids is 2. The zero-order valence-corrected chi connectivity index (χ0v) is 16.0. The van der Waals surface area contributed by atoms with Gasteiger partial charge in [-0.15, -0.1) is 11.8 Å². The number of carbonyl (C=O) groups is 3. The van der Waals surface area contributed by atoms with E-state index in [1.54, 1.807) is 19.1 Å². The Bertz CT molecular complexity index is 1000. The van der Waals surface area contributed by atoms with Crippen LogP contribution >= 0.6 is 11.8 Å². The fraction of sp³-hybridized carbons (Fsp3) is 0.263. The minimum Gasteiger partial charge on any atom is -0.477 e. The molecule has 9 heteroatoms. The predicted octanol–water partition coefficient (Wildman–Crippen LogP) is 2.27. The molecular weight excluding hydrogens is 382 g/mol. The molecule has 2 aliphatic rings. The van der Waals surface area contributed by atoms with E-state index < -0.39 is 29.2 Å². The fourth-order valence-electron chi connectivity index (χ4n) is 3.49. The Hall–Kier alpha value is -3.07. The number of nitrogens with zero attached hydrogens (tertiary/aromatic N) is 3. The number of β-lactam (4-membered cyclic amide) rings is 1. The van der Waals surface area contributed by atoms with Crippen LogP contribution in [-0.2, 0) is 9.59 Å². The second-order valence-electron chi connectivity index (χ2n) is 6.72. The molecule has 0 saturated carbocycles. The minimum absolute atomic E-state index is 0.00613. The Kier molecular flexibility index (Phi) is 4.46. The highest BCUT2D eigenvalue weighted by Gasteiger charge is 2.57. The summed E-state index contributed by atoms with van der Waals surface area (Å²) >= 11 is 1.45. The highest BCUT2D eigenvalue weighted by molar-refractivity contribution is 8.00. The smallest absolute Gasteiger partial charge is 0.352 e. The van der Waals surface area contributed by atoms with Crippen molar-refractivity contribution in [1.29, 1.82) is 0 Å². The molecule has 2 atom stereocenters. The number of carboxylic acids is 1. The van der Waals surface area contributed by atoms with E-state index in [0.717, 1.165) is 5.56 Å². The van der Waals surface area contributed by atoms with Crippen LogP contribution in [0.2, 0.25) is 0 Å². The van der Waals surface area contributed by atoms with Crippen LogP contribution in [0.15, 0.2) is 52.5 Å². The van der Waals surface area contributed by atoms with Crippen LogP contribution in [0.5, 0.6) is 0 Å². The summed E-state index contributed by atoms with van der Waals surface area (Å²) in [5, 5.41) is 12.6. The summed E-state index contributed by atoms with van der Waals surface area (Å²) in [6, 6.07) is 6.45. The monoisotopic (exact) mass is 399 g/mol. The quantitative estimate of drug-likeness (QED) is 0.787. The molecule has 0 radical (unpaired) electrons. The molecular formula is C19H17N3O5S. The molecule has 2 aliphatic heterocycles. The molecule has 144 valence electrons. The number of anilines is 1. The molecule has 1 N–H and O–H groups in total. The van der Waals surface area contributed by atoms with Crippen LogP contribution in [0.4, 0.5) is 5.69 Å². The van der Waals surface area contributed by atoms with Crippen LogP contribution in [0, 0.1) is 6.92 Å². The Balaban J connectivity index is 1.76. The van der Waals surface area contributed by atoms with E-state index in [2.05, 4.69) is 5.16 Å².